The quantitative estimate of drug-likeness (QED) is 0.566. The van der Waals surface area contributed by atoms with Gasteiger partial charge >= 0.3 is 0 Å². The van der Waals surface area contributed by atoms with Crippen molar-refractivity contribution in [2.45, 2.75) is 37.1 Å². The molecule has 2 aromatic rings. The average Bonchev–Trinajstić information content (AvgIpc) is 2.94. The molecule has 0 aliphatic rings. The summed E-state index contributed by atoms with van der Waals surface area (Å²) in [6.07, 6.45) is 1.16. The Bertz CT molecular complexity index is 543. The molecular weight excluding hydrogens is 284 g/mol. The van der Waals surface area contributed by atoms with Gasteiger partial charge in [-0.15, -0.1) is 11.8 Å². The van der Waals surface area contributed by atoms with Crippen LogP contribution in [0.25, 0.3) is 0 Å². The fourth-order valence-corrected chi connectivity index (χ4v) is 2.81. The van der Waals surface area contributed by atoms with Crippen LogP contribution in [0.3, 0.4) is 0 Å². The van der Waals surface area contributed by atoms with Crippen molar-refractivity contribution in [3.8, 4) is 0 Å². The van der Waals surface area contributed by atoms with Gasteiger partial charge in [-0.3, -0.25) is 0 Å². The molecule has 1 heterocycles. The summed E-state index contributed by atoms with van der Waals surface area (Å²) in [6, 6.07) is 10.6. The van der Waals surface area contributed by atoms with Crippen LogP contribution in [0.2, 0.25) is 0 Å². The third kappa shape index (κ3) is 5.53. The zero-order valence-corrected chi connectivity index (χ0v) is 13.4. The Kier molecular flexibility index (Phi) is 6.79. The first-order valence-electron chi connectivity index (χ1n) is 7.17. The molecule has 1 aromatic heterocycles. The van der Waals surface area contributed by atoms with E-state index < -0.39 is 0 Å². The lowest BCUT2D eigenvalue weighted by atomic mass is 10.2. The Morgan fingerprint density at radius 3 is 3.05 bits per heavy atom. The maximum atomic E-state index is 5.18. The Morgan fingerprint density at radius 1 is 1.33 bits per heavy atom. The highest BCUT2D eigenvalue weighted by molar-refractivity contribution is 7.98. The standard InChI is InChI=1S/C16H22N2O2S/c1-3-7-17-10-13-5-4-6-16(8-13)21-12-14-9-15(11-19-2)20-18-14/h4-6,8-9,17H,3,7,10-12H2,1-2H3. The zero-order chi connectivity index (χ0) is 14.9. The van der Waals surface area contributed by atoms with Crippen molar-refractivity contribution in [3.63, 3.8) is 0 Å². The maximum absolute atomic E-state index is 5.18. The van der Waals surface area contributed by atoms with E-state index in [2.05, 4.69) is 41.7 Å². The van der Waals surface area contributed by atoms with Gasteiger partial charge in [-0.25, -0.2) is 0 Å². The monoisotopic (exact) mass is 306 g/mol. The number of hydrogen-bond donors (Lipinski definition) is 1. The van der Waals surface area contributed by atoms with E-state index in [4.69, 9.17) is 9.26 Å². The zero-order valence-electron chi connectivity index (χ0n) is 12.6. The number of nitrogens with zero attached hydrogens (tertiary/aromatic N) is 1. The molecule has 0 fully saturated rings. The van der Waals surface area contributed by atoms with Crippen molar-refractivity contribution in [1.82, 2.24) is 10.5 Å². The second-order valence-corrected chi connectivity index (χ2v) is 5.88. The van der Waals surface area contributed by atoms with Crippen LogP contribution in [-0.2, 0) is 23.6 Å². The third-order valence-corrected chi connectivity index (χ3v) is 3.96. The second-order valence-electron chi connectivity index (χ2n) is 4.83. The van der Waals surface area contributed by atoms with Crippen LogP contribution in [0, 0.1) is 0 Å². The molecule has 0 atom stereocenters. The smallest absolute Gasteiger partial charge is 0.162 e. The van der Waals surface area contributed by atoms with Gasteiger partial charge in [-0.05, 0) is 30.7 Å². The summed E-state index contributed by atoms with van der Waals surface area (Å²) in [5.41, 5.74) is 2.26. The minimum atomic E-state index is 0.469. The SMILES string of the molecule is CCCNCc1cccc(SCc2cc(COC)on2)c1. The number of thioether (sulfide) groups is 1. The van der Waals surface area contributed by atoms with E-state index in [0.717, 1.165) is 36.7 Å². The lowest BCUT2D eigenvalue weighted by Crippen LogP contribution is -2.13. The van der Waals surface area contributed by atoms with E-state index in [1.165, 1.54) is 10.5 Å². The molecule has 0 unspecified atom stereocenters. The molecule has 0 saturated heterocycles. The molecule has 0 amide bonds. The van der Waals surface area contributed by atoms with Gasteiger partial charge in [0.05, 0.1) is 5.69 Å². The number of hydrogen-bond acceptors (Lipinski definition) is 5. The largest absolute Gasteiger partial charge is 0.377 e. The molecule has 4 nitrogen and oxygen atoms in total. The Labute approximate surface area is 130 Å². The Morgan fingerprint density at radius 2 is 2.24 bits per heavy atom. The van der Waals surface area contributed by atoms with E-state index in [-0.39, 0.29) is 0 Å². The van der Waals surface area contributed by atoms with Crippen LogP contribution in [0.1, 0.15) is 30.4 Å². The van der Waals surface area contributed by atoms with Crippen LogP contribution in [0.15, 0.2) is 39.8 Å². The number of benzene rings is 1. The minimum Gasteiger partial charge on any atom is -0.377 e. The molecule has 0 aliphatic carbocycles. The number of nitrogens with one attached hydrogen (secondary N) is 1. The lowest BCUT2D eigenvalue weighted by Gasteiger charge is -2.05. The van der Waals surface area contributed by atoms with Crippen LogP contribution in [0.5, 0.6) is 0 Å². The van der Waals surface area contributed by atoms with Crippen molar-refractivity contribution < 1.29 is 9.26 Å². The van der Waals surface area contributed by atoms with Crippen molar-refractivity contribution in [2.24, 2.45) is 0 Å². The van der Waals surface area contributed by atoms with E-state index >= 15 is 0 Å². The van der Waals surface area contributed by atoms with Crippen molar-refractivity contribution in [1.29, 1.82) is 0 Å². The van der Waals surface area contributed by atoms with Crippen molar-refractivity contribution in [3.05, 3.63) is 47.3 Å². The maximum Gasteiger partial charge on any atom is 0.162 e. The number of aromatic nitrogens is 1. The number of rotatable bonds is 9. The van der Waals surface area contributed by atoms with Crippen LogP contribution in [0.4, 0.5) is 0 Å². The first-order chi connectivity index (χ1) is 10.3. The molecule has 21 heavy (non-hydrogen) atoms. The molecule has 0 aliphatic heterocycles. The Balaban J connectivity index is 1.85. The van der Waals surface area contributed by atoms with Gasteiger partial charge in [-0.2, -0.15) is 0 Å². The molecule has 0 bridgehead atoms. The first kappa shape index (κ1) is 16.1. The summed E-state index contributed by atoms with van der Waals surface area (Å²) in [5.74, 6) is 1.57. The highest BCUT2D eigenvalue weighted by Crippen LogP contribution is 2.23. The molecule has 0 saturated carbocycles. The van der Waals surface area contributed by atoms with E-state index in [1.807, 2.05) is 6.07 Å². The van der Waals surface area contributed by atoms with Crippen LogP contribution >= 0.6 is 11.8 Å². The lowest BCUT2D eigenvalue weighted by molar-refractivity contribution is 0.156. The molecule has 5 heteroatoms. The predicted molar refractivity (Wildman–Crippen MR) is 85.2 cm³/mol. The van der Waals surface area contributed by atoms with Gasteiger partial charge in [0.2, 0.25) is 0 Å². The molecule has 1 aromatic carbocycles. The van der Waals surface area contributed by atoms with Crippen LogP contribution < -0.4 is 5.32 Å². The van der Waals surface area contributed by atoms with Crippen molar-refractivity contribution >= 4 is 11.8 Å². The van der Waals surface area contributed by atoms with E-state index in [0.29, 0.717) is 6.61 Å². The Hall–Kier alpha value is -1.30. The molecule has 2 rings (SSSR count). The summed E-state index contributed by atoms with van der Waals surface area (Å²) >= 11 is 1.77. The summed E-state index contributed by atoms with van der Waals surface area (Å²) in [5, 5.41) is 7.46. The third-order valence-electron chi connectivity index (χ3n) is 2.94. The molecule has 1 N–H and O–H groups in total. The van der Waals surface area contributed by atoms with Gasteiger partial charge in [0, 0.05) is 30.4 Å². The van der Waals surface area contributed by atoms with Gasteiger partial charge < -0.3 is 14.6 Å². The number of ether oxygens (including phenoxy) is 1. The molecular formula is C16H22N2O2S. The molecule has 0 spiro atoms. The summed E-state index contributed by atoms with van der Waals surface area (Å²) in [4.78, 5) is 1.25. The van der Waals surface area contributed by atoms with Gasteiger partial charge in [-0.1, -0.05) is 24.2 Å². The predicted octanol–water partition coefficient (Wildman–Crippen LogP) is 3.61. The van der Waals surface area contributed by atoms with Crippen molar-refractivity contribution in [2.75, 3.05) is 13.7 Å². The van der Waals surface area contributed by atoms with Gasteiger partial charge in [0.1, 0.15) is 6.61 Å². The fraction of sp³-hybridized carbons (Fsp3) is 0.438. The highest BCUT2D eigenvalue weighted by Gasteiger charge is 2.05. The fourth-order valence-electron chi connectivity index (χ4n) is 1.95. The summed E-state index contributed by atoms with van der Waals surface area (Å²) in [7, 11) is 1.65. The topological polar surface area (TPSA) is 47.3 Å². The number of methoxy groups -OCH3 is 1. The highest BCUT2D eigenvalue weighted by atomic mass is 32.2. The van der Waals surface area contributed by atoms with Crippen LogP contribution in [-0.4, -0.2) is 18.8 Å². The van der Waals surface area contributed by atoms with E-state index in [9.17, 15) is 0 Å². The average molecular weight is 306 g/mol. The minimum absolute atomic E-state index is 0.469. The van der Waals surface area contributed by atoms with Gasteiger partial charge in [0.25, 0.3) is 0 Å². The normalized spacial score (nSPS) is 11.0. The first-order valence-corrected chi connectivity index (χ1v) is 8.16. The molecule has 114 valence electrons. The van der Waals surface area contributed by atoms with Gasteiger partial charge in [0.15, 0.2) is 5.76 Å². The molecule has 0 radical (unpaired) electrons. The summed E-state index contributed by atoms with van der Waals surface area (Å²) in [6.45, 7) is 4.62. The van der Waals surface area contributed by atoms with E-state index in [1.54, 1.807) is 18.9 Å². The second kappa shape index (κ2) is 8.87. The summed E-state index contributed by atoms with van der Waals surface area (Å²) < 4.78 is 10.2.